The molecule has 150 valence electrons. The fraction of sp³-hybridized carbons (Fsp3) is 0.389. The minimum atomic E-state index is -1.22. The molecule has 4 rings (SSSR count). The van der Waals surface area contributed by atoms with Gasteiger partial charge in [-0.3, -0.25) is 4.57 Å². The van der Waals surface area contributed by atoms with E-state index in [1.54, 1.807) is 18.2 Å². The lowest BCUT2D eigenvalue weighted by Crippen LogP contribution is -2.33. The van der Waals surface area contributed by atoms with Gasteiger partial charge in [0.05, 0.1) is 12.9 Å². The third-order valence-corrected chi connectivity index (χ3v) is 4.52. The number of benzene rings is 1. The average Bonchev–Trinajstić information content (AvgIpc) is 3.22. The van der Waals surface area contributed by atoms with Crippen molar-refractivity contribution >= 4 is 17.0 Å². The number of nitrogens with zero attached hydrogens (tertiary/aromatic N) is 4. The van der Waals surface area contributed by atoms with Crippen LogP contribution >= 0.6 is 0 Å². The molecule has 0 radical (unpaired) electrons. The van der Waals surface area contributed by atoms with E-state index >= 15 is 0 Å². The molecule has 1 aromatic carbocycles. The fourth-order valence-corrected chi connectivity index (χ4v) is 3.13. The van der Waals surface area contributed by atoms with Crippen LogP contribution in [-0.4, -0.2) is 64.9 Å². The van der Waals surface area contributed by atoms with Crippen LogP contribution in [0.15, 0.2) is 36.9 Å². The molecule has 0 amide bonds. The minimum Gasteiger partial charge on any atom is -0.508 e. The van der Waals surface area contributed by atoms with E-state index in [2.05, 4.69) is 20.3 Å². The van der Waals surface area contributed by atoms with Gasteiger partial charge in [-0.2, -0.15) is 0 Å². The van der Waals surface area contributed by atoms with E-state index in [9.17, 15) is 20.4 Å². The van der Waals surface area contributed by atoms with Crippen LogP contribution in [0.2, 0.25) is 0 Å². The van der Waals surface area contributed by atoms with Crippen molar-refractivity contribution < 1.29 is 25.2 Å². The topological polar surface area (TPSA) is 146 Å². The molecule has 0 spiro atoms. The third-order valence-electron chi connectivity index (χ3n) is 4.52. The van der Waals surface area contributed by atoms with E-state index in [1.165, 1.54) is 17.2 Å². The first-order chi connectivity index (χ1) is 13.1. The standard InChI is InChI=1S/C17H19N5O5.CH4/c23-6-11-13(25)14(26)17(27-11)22-8-21-12-15(19-7-20-16(12)22)18-5-9-2-1-3-10(24)4-9;/h1-4,7-8,11,13-14,17,23-26H,5-6H2,(H,18,19,20);1H4/t11-,13?,14+,17-;/m1./s1. The minimum absolute atomic E-state index is 0. The maximum atomic E-state index is 10.2. The van der Waals surface area contributed by atoms with Crippen LogP contribution in [0.4, 0.5) is 5.82 Å². The molecule has 1 aliphatic heterocycles. The first kappa shape index (κ1) is 20.0. The maximum absolute atomic E-state index is 10.2. The molecule has 1 fully saturated rings. The summed E-state index contributed by atoms with van der Waals surface area (Å²) in [5.41, 5.74) is 1.75. The highest BCUT2D eigenvalue weighted by atomic mass is 16.6. The second kappa shape index (κ2) is 8.07. The molecule has 2 aromatic heterocycles. The van der Waals surface area contributed by atoms with Crippen LogP contribution in [0.5, 0.6) is 5.75 Å². The van der Waals surface area contributed by atoms with Crippen molar-refractivity contribution in [2.24, 2.45) is 0 Å². The number of rotatable bonds is 5. The molecule has 3 aromatic rings. The molecule has 5 N–H and O–H groups in total. The van der Waals surface area contributed by atoms with Crippen molar-refractivity contribution in [1.29, 1.82) is 0 Å². The number of ether oxygens (including phenoxy) is 1. The molecule has 1 unspecified atom stereocenters. The molecule has 10 nitrogen and oxygen atoms in total. The molecular weight excluding hydrogens is 366 g/mol. The highest BCUT2D eigenvalue weighted by molar-refractivity contribution is 5.82. The highest BCUT2D eigenvalue weighted by Gasteiger charge is 2.44. The summed E-state index contributed by atoms with van der Waals surface area (Å²) < 4.78 is 7.03. The van der Waals surface area contributed by atoms with Gasteiger partial charge in [0.2, 0.25) is 0 Å². The van der Waals surface area contributed by atoms with Crippen molar-refractivity contribution in [3.63, 3.8) is 0 Å². The van der Waals surface area contributed by atoms with E-state index in [-0.39, 0.29) is 13.2 Å². The van der Waals surface area contributed by atoms with E-state index in [4.69, 9.17) is 4.74 Å². The normalized spacial score (nSPS) is 24.2. The Morgan fingerprint density at radius 2 is 1.96 bits per heavy atom. The summed E-state index contributed by atoms with van der Waals surface area (Å²) in [7, 11) is 0. The van der Waals surface area contributed by atoms with Gasteiger partial charge in [-0.15, -0.1) is 0 Å². The summed E-state index contributed by atoms with van der Waals surface area (Å²) in [6, 6.07) is 6.85. The van der Waals surface area contributed by atoms with Gasteiger partial charge >= 0.3 is 0 Å². The Kier molecular flexibility index (Phi) is 5.75. The van der Waals surface area contributed by atoms with Gasteiger partial charge in [0.15, 0.2) is 23.2 Å². The van der Waals surface area contributed by atoms with Gasteiger partial charge in [0.25, 0.3) is 0 Å². The Morgan fingerprint density at radius 3 is 2.68 bits per heavy atom. The van der Waals surface area contributed by atoms with E-state index in [1.807, 2.05) is 6.07 Å². The zero-order chi connectivity index (χ0) is 19.0. The summed E-state index contributed by atoms with van der Waals surface area (Å²) in [6.07, 6.45) is -1.43. The highest BCUT2D eigenvalue weighted by Crippen LogP contribution is 2.32. The molecule has 1 aliphatic rings. The fourth-order valence-electron chi connectivity index (χ4n) is 3.13. The molecule has 0 bridgehead atoms. The molecule has 1 saturated heterocycles. The predicted molar refractivity (Wildman–Crippen MR) is 100 cm³/mol. The van der Waals surface area contributed by atoms with Crippen LogP contribution in [0.3, 0.4) is 0 Å². The van der Waals surface area contributed by atoms with Gasteiger partial charge in [-0.05, 0) is 17.7 Å². The van der Waals surface area contributed by atoms with Crippen molar-refractivity contribution in [2.75, 3.05) is 11.9 Å². The number of imidazole rings is 1. The number of anilines is 1. The Labute approximate surface area is 161 Å². The van der Waals surface area contributed by atoms with Crippen LogP contribution in [0, 0.1) is 0 Å². The Balaban J connectivity index is 0.00000225. The van der Waals surface area contributed by atoms with Crippen molar-refractivity contribution in [2.45, 2.75) is 38.5 Å². The first-order valence-corrected chi connectivity index (χ1v) is 8.40. The van der Waals surface area contributed by atoms with Crippen molar-refractivity contribution in [3.05, 3.63) is 42.5 Å². The zero-order valence-electron chi connectivity index (χ0n) is 14.2. The quantitative estimate of drug-likeness (QED) is 0.418. The molecular formula is C18H23N5O5. The number of phenols is 1. The number of aromatic nitrogens is 4. The number of nitrogens with one attached hydrogen (secondary N) is 1. The summed E-state index contributed by atoms with van der Waals surface area (Å²) in [6.45, 7) is 0.00823. The number of hydrogen-bond acceptors (Lipinski definition) is 9. The molecule has 4 atom stereocenters. The van der Waals surface area contributed by atoms with Crippen molar-refractivity contribution in [3.8, 4) is 5.75 Å². The van der Waals surface area contributed by atoms with Crippen LogP contribution in [0.1, 0.15) is 19.2 Å². The zero-order valence-corrected chi connectivity index (χ0v) is 14.2. The van der Waals surface area contributed by atoms with E-state index in [0.717, 1.165) is 5.56 Å². The number of aliphatic hydroxyl groups is 3. The third kappa shape index (κ3) is 3.50. The van der Waals surface area contributed by atoms with Gasteiger partial charge in [-0.1, -0.05) is 19.6 Å². The first-order valence-electron chi connectivity index (χ1n) is 8.40. The molecule has 3 heterocycles. The Bertz CT molecular complexity index is 949. The van der Waals surface area contributed by atoms with E-state index < -0.39 is 31.1 Å². The summed E-state index contributed by atoms with van der Waals surface area (Å²) in [5.74, 6) is 0.657. The van der Waals surface area contributed by atoms with Crippen molar-refractivity contribution in [1.82, 2.24) is 19.5 Å². The number of aromatic hydroxyl groups is 1. The summed E-state index contributed by atoms with van der Waals surface area (Å²) >= 11 is 0. The maximum Gasteiger partial charge on any atom is 0.167 e. The lowest BCUT2D eigenvalue weighted by molar-refractivity contribution is -0.0511. The largest absolute Gasteiger partial charge is 0.508 e. The lowest BCUT2D eigenvalue weighted by Gasteiger charge is -2.16. The second-order valence-corrected chi connectivity index (χ2v) is 6.30. The van der Waals surface area contributed by atoms with Crippen LogP contribution in [-0.2, 0) is 11.3 Å². The summed E-state index contributed by atoms with van der Waals surface area (Å²) in [5, 5.41) is 42.1. The van der Waals surface area contributed by atoms with Crippen LogP contribution in [0.25, 0.3) is 11.2 Å². The molecule has 10 heteroatoms. The van der Waals surface area contributed by atoms with E-state index in [0.29, 0.717) is 23.5 Å². The molecule has 0 saturated carbocycles. The second-order valence-electron chi connectivity index (χ2n) is 6.30. The number of hydrogen-bond donors (Lipinski definition) is 5. The predicted octanol–water partition coefficient (Wildman–Crippen LogP) is 0.392. The van der Waals surface area contributed by atoms with Gasteiger partial charge < -0.3 is 30.5 Å². The van der Waals surface area contributed by atoms with Gasteiger partial charge in [0.1, 0.15) is 30.4 Å². The van der Waals surface area contributed by atoms with Gasteiger partial charge in [-0.25, -0.2) is 15.0 Å². The lowest BCUT2D eigenvalue weighted by atomic mass is 10.1. The number of fused-ring (bicyclic) bond motifs is 1. The Hall–Kier alpha value is -2.79. The molecule has 28 heavy (non-hydrogen) atoms. The van der Waals surface area contributed by atoms with Gasteiger partial charge in [0, 0.05) is 6.54 Å². The monoisotopic (exact) mass is 389 g/mol. The number of aliphatic hydroxyl groups excluding tert-OH is 3. The average molecular weight is 389 g/mol. The Morgan fingerprint density at radius 1 is 1.14 bits per heavy atom. The smallest absolute Gasteiger partial charge is 0.167 e. The molecule has 0 aliphatic carbocycles. The van der Waals surface area contributed by atoms with Crippen LogP contribution < -0.4 is 5.32 Å². The summed E-state index contributed by atoms with van der Waals surface area (Å²) in [4.78, 5) is 12.7. The number of phenolic OH excluding ortho intramolecular Hbond substituents is 1. The SMILES string of the molecule is C.OC[C@H]1O[C@@H](n2cnc3c(NCc4cccc(O)c4)ncnc32)[C@@H](O)C1O.